The van der Waals surface area contributed by atoms with Crippen LogP contribution in [0, 0.1) is 6.92 Å². The number of aliphatic hydroxyl groups is 3. The number of ether oxygens (including phenoxy) is 3. The number of hydrogen-bond donors (Lipinski definition) is 3. The summed E-state index contributed by atoms with van der Waals surface area (Å²) in [6.45, 7) is 1.87. The molecule has 1 aliphatic heterocycles. The van der Waals surface area contributed by atoms with Gasteiger partial charge >= 0.3 is 0 Å². The molecular weight excluding hydrogens is 387 g/mol. The van der Waals surface area contributed by atoms with Crippen molar-refractivity contribution in [3.8, 4) is 5.75 Å². The maximum Gasteiger partial charge on any atom is 0.229 e. The van der Waals surface area contributed by atoms with Crippen LogP contribution in [0.1, 0.15) is 20.9 Å². The number of aryl methyl sites for hydroxylation is 1. The monoisotopic (exact) mass is 412 g/mol. The largest absolute Gasteiger partial charge is 0.461 e. The van der Waals surface area contributed by atoms with Crippen molar-refractivity contribution in [3.63, 3.8) is 0 Å². The Morgan fingerprint density at radius 3 is 2.46 bits per heavy atom. The smallest absolute Gasteiger partial charge is 0.229 e. The standard InChI is InChI=1S/C20H25FO6S/c1-11-7-14(26-20-19(24)18(23)17(21)15(9-22)27-20)16(28-11)8-12-3-5-13(6-4-12)10-25-2/h3-7,15,17-20,22-24H,8-10H2,1-2H3. The van der Waals surface area contributed by atoms with Crippen LogP contribution in [0.15, 0.2) is 30.3 Å². The van der Waals surface area contributed by atoms with Gasteiger partial charge in [0.2, 0.25) is 6.29 Å². The minimum absolute atomic E-state index is 0.508. The fraction of sp³-hybridized carbons (Fsp3) is 0.500. The van der Waals surface area contributed by atoms with Gasteiger partial charge in [-0.3, -0.25) is 0 Å². The van der Waals surface area contributed by atoms with Crippen LogP contribution < -0.4 is 4.74 Å². The van der Waals surface area contributed by atoms with E-state index in [1.807, 2.05) is 37.3 Å². The number of methoxy groups -OCH3 is 1. The van der Waals surface area contributed by atoms with Crippen LogP contribution in [0.4, 0.5) is 4.39 Å². The molecule has 2 heterocycles. The number of thiophene rings is 1. The first kappa shape index (κ1) is 21.2. The Bertz CT molecular complexity index is 763. The molecule has 1 fully saturated rings. The van der Waals surface area contributed by atoms with E-state index in [9.17, 15) is 19.7 Å². The van der Waals surface area contributed by atoms with E-state index >= 15 is 0 Å². The van der Waals surface area contributed by atoms with E-state index in [2.05, 4.69) is 0 Å². The SMILES string of the molecule is COCc1ccc(Cc2sc(C)cc2OC2OC(CO)C(F)C(O)C2O)cc1. The summed E-state index contributed by atoms with van der Waals surface area (Å²) in [4.78, 5) is 1.93. The predicted octanol–water partition coefficient (Wildman–Crippen LogP) is 1.95. The van der Waals surface area contributed by atoms with E-state index in [1.54, 1.807) is 18.4 Å². The van der Waals surface area contributed by atoms with Crippen molar-refractivity contribution in [2.75, 3.05) is 13.7 Å². The third-order valence-corrected chi connectivity index (χ3v) is 5.67. The first-order valence-corrected chi connectivity index (χ1v) is 9.83. The van der Waals surface area contributed by atoms with E-state index in [0.717, 1.165) is 20.9 Å². The normalized spacial score (nSPS) is 27.7. The number of halogens is 1. The average molecular weight is 412 g/mol. The highest BCUT2D eigenvalue weighted by atomic mass is 32.1. The van der Waals surface area contributed by atoms with Crippen LogP contribution in [0.3, 0.4) is 0 Å². The lowest BCUT2D eigenvalue weighted by Gasteiger charge is -2.38. The van der Waals surface area contributed by atoms with Gasteiger partial charge in [-0.1, -0.05) is 24.3 Å². The summed E-state index contributed by atoms with van der Waals surface area (Å²) >= 11 is 1.55. The van der Waals surface area contributed by atoms with Crippen LogP contribution in [0.5, 0.6) is 5.75 Å². The Labute approximate surface area is 167 Å². The molecule has 0 spiro atoms. The van der Waals surface area contributed by atoms with Gasteiger partial charge in [0, 0.05) is 18.4 Å². The van der Waals surface area contributed by atoms with Crippen molar-refractivity contribution < 1.29 is 33.9 Å². The molecule has 1 aromatic heterocycles. The van der Waals surface area contributed by atoms with Gasteiger partial charge in [0.25, 0.3) is 0 Å². The zero-order chi connectivity index (χ0) is 20.3. The Morgan fingerprint density at radius 1 is 1.14 bits per heavy atom. The molecule has 0 amide bonds. The van der Waals surface area contributed by atoms with Crippen LogP contribution in [0.25, 0.3) is 0 Å². The molecule has 1 aliphatic rings. The number of aliphatic hydroxyl groups excluding tert-OH is 3. The lowest BCUT2D eigenvalue weighted by molar-refractivity contribution is -0.265. The molecule has 1 saturated heterocycles. The van der Waals surface area contributed by atoms with E-state index < -0.39 is 37.4 Å². The number of rotatable bonds is 7. The molecule has 0 radical (unpaired) electrons. The number of hydrogen-bond acceptors (Lipinski definition) is 7. The highest BCUT2D eigenvalue weighted by Crippen LogP contribution is 2.34. The molecule has 3 N–H and O–H groups in total. The van der Waals surface area contributed by atoms with Gasteiger partial charge in [0.05, 0.1) is 18.1 Å². The van der Waals surface area contributed by atoms with Crippen molar-refractivity contribution in [2.45, 2.75) is 50.7 Å². The van der Waals surface area contributed by atoms with Gasteiger partial charge in [-0.05, 0) is 24.1 Å². The third-order valence-electron chi connectivity index (χ3n) is 4.63. The average Bonchev–Trinajstić information content (AvgIpc) is 3.02. The van der Waals surface area contributed by atoms with Crippen molar-refractivity contribution >= 4 is 11.3 Å². The van der Waals surface area contributed by atoms with Crippen LogP contribution >= 0.6 is 11.3 Å². The Hall–Kier alpha value is -1.55. The Morgan fingerprint density at radius 2 is 1.82 bits per heavy atom. The van der Waals surface area contributed by atoms with Crippen LogP contribution in [0.2, 0.25) is 0 Å². The molecule has 28 heavy (non-hydrogen) atoms. The molecule has 0 saturated carbocycles. The molecular formula is C20H25FO6S. The second kappa shape index (κ2) is 9.30. The minimum Gasteiger partial charge on any atom is -0.461 e. The highest BCUT2D eigenvalue weighted by molar-refractivity contribution is 7.12. The Balaban J connectivity index is 1.74. The summed E-state index contributed by atoms with van der Waals surface area (Å²) in [5, 5.41) is 29.2. The topological polar surface area (TPSA) is 88.4 Å². The van der Waals surface area contributed by atoms with E-state index in [-0.39, 0.29) is 0 Å². The van der Waals surface area contributed by atoms with Crippen LogP contribution in [-0.2, 0) is 22.5 Å². The lowest BCUT2D eigenvalue weighted by atomic mass is 10.0. The molecule has 6 nitrogen and oxygen atoms in total. The second-order valence-electron chi connectivity index (χ2n) is 6.84. The number of alkyl halides is 1. The van der Waals surface area contributed by atoms with Crippen molar-refractivity contribution in [3.05, 3.63) is 51.2 Å². The molecule has 0 bridgehead atoms. The summed E-state index contributed by atoms with van der Waals surface area (Å²) in [6.07, 6.45) is -7.03. The molecule has 8 heteroatoms. The summed E-state index contributed by atoms with van der Waals surface area (Å²) in [5.41, 5.74) is 2.15. The van der Waals surface area contributed by atoms with Gasteiger partial charge in [-0.15, -0.1) is 11.3 Å². The minimum atomic E-state index is -1.88. The van der Waals surface area contributed by atoms with Crippen molar-refractivity contribution in [1.29, 1.82) is 0 Å². The first-order valence-electron chi connectivity index (χ1n) is 9.02. The fourth-order valence-corrected chi connectivity index (χ4v) is 4.13. The molecule has 5 unspecified atom stereocenters. The molecule has 0 aliphatic carbocycles. The fourth-order valence-electron chi connectivity index (χ4n) is 3.13. The second-order valence-corrected chi connectivity index (χ2v) is 8.18. The maximum absolute atomic E-state index is 13.9. The molecule has 5 atom stereocenters. The lowest BCUT2D eigenvalue weighted by Crippen LogP contribution is -2.58. The quantitative estimate of drug-likeness (QED) is 0.644. The maximum atomic E-state index is 13.9. The van der Waals surface area contributed by atoms with Crippen LogP contribution in [-0.4, -0.2) is 59.8 Å². The third kappa shape index (κ3) is 4.71. The molecule has 3 rings (SSSR count). The first-order chi connectivity index (χ1) is 13.4. The zero-order valence-corrected chi connectivity index (χ0v) is 16.6. The summed E-state index contributed by atoms with van der Waals surface area (Å²) in [6, 6.07) is 9.84. The molecule has 154 valence electrons. The van der Waals surface area contributed by atoms with Gasteiger partial charge in [-0.25, -0.2) is 4.39 Å². The van der Waals surface area contributed by atoms with Gasteiger partial charge in [0.15, 0.2) is 6.17 Å². The van der Waals surface area contributed by atoms with Gasteiger partial charge < -0.3 is 29.5 Å². The van der Waals surface area contributed by atoms with E-state index in [0.29, 0.717) is 18.8 Å². The summed E-state index contributed by atoms with van der Waals surface area (Å²) in [7, 11) is 1.65. The van der Waals surface area contributed by atoms with E-state index in [1.165, 1.54) is 0 Å². The number of benzene rings is 1. The van der Waals surface area contributed by atoms with Crippen molar-refractivity contribution in [1.82, 2.24) is 0 Å². The van der Waals surface area contributed by atoms with E-state index in [4.69, 9.17) is 14.2 Å². The zero-order valence-electron chi connectivity index (χ0n) is 15.7. The van der Waals surface area contributed by atoms with Gasteiger partial charge in [-0.2, -0.15) is 0 Å². The molecule has 2 aromatic rings. The highest BCUT2D eigenvalue weighted by Gasteiger charge is 2.46. The van der Waals surface area contributed by atoms with Gasteiger partial charge in [0.1, 0.15) is 24.1 Å². The summed E-state index contributed by atoms with van der Waals surface area (Å²) < 4.78 is 30.1. The molecule has 1 aromatic carbocycles. The van der Waals surface area contributed by atoms with Crippen molar-refractivity contribution in [2.24, 2.45) is 0 Å². The predicted molar refractivity (Wildman–Crippen MR) is 102 cm³/mol. The Kier molecular flexibility index (Phi) is 7.03. The summed E-state index contributed by atoms with van der Waals surface area (Å²) in [5.74, 6) is 0.508.